The quantitative estimate of drug-likeness (QED) is 0.714. The molecule has 10 heteroatoms. The van der Waals surface area contributed by atoms with Crippen molar-refractivity contribution in [3.05, 3.63) is 35.7 Å². The highest BCUT2D eigenvalue weighted by atomic mass is 19.1. The van der Waals surface area contributed by atoms with Gasteiger partial charge in [0.25, 0.3) is 17.6 Å². The largest absolute Gasteiger partial charge is 0.469 e. The van der Waals surface area contributed by atoms with E-state index in [4.69, 9.17) is 9.26 Å². The average molecular weight is 420 g/mol. The summed E-state index contributed by atoms with van der Waals surface area (Å²) in [6, 6.07) is 2.46. The first-order chi connectivity index (χ1) is 14.4. The third-order valence-corrected chi connectivity index (χ3v) is 5.52. The number of piperidine rings is 1. The van der Waals surface area contributed by atoms with Crippen molar-refractivity contribution >= 4 is 11.9 Å². The molecule has 1 aliphatic carbocycles. The molecule has 1 N–H and O–H groups in total. The summed E-state index contributed by atoms with van der Waals surface area (Å²) in [6.07, 6.45) is 3.01. The number of carbonyl (C=O) groups excluding carboxylic acids is 2. The highest BCUT2D eigenvalue weighted by Crippen LogP contribution is 2.31. The van der Waals surface area contributed by atoms with Crippen molar-refractivity contribution in [1.82, 2.24) is 20.4 Å². The van der Waals surface area contributed by atoms with Gasteiger partial charge in [-0.3, -0.25) is 9.59 Å². The number of nitrogens with one attached hydrogen (secondary N) is 1. The van der Waals surface area contributed by atoms with Gasteiger partial charge in [0, 0.05) is 31.7 Å². The zero-order valence-electron chi connectivity index (χ0n) is 16.4. The minimum atomic E-state index is -0.876. The first kappa shape index (κ1) is 20.4. The van der Waals surface area contributed by atoms with E-state index >= 15 is 0 Å². The van der Waals surface area contributed by atoms with Gasteiger partial charge in [-0.2, -0.15) is 4.98 Å². The second-order valence-corrected chi connectivity index (χ2v) is 7.75. The Morgan fingerprint density at radius 2 is 2.10 bits per heavy atom. The normalized spacial score (nSPS) is 22.0. The molecular weight excluding hydrogens is 398 g/mol. The van der Waals surface area contributed by atoms with Gasteiger partial charge in [0.15, 0.2) is 0 Å². The molecule has 160 valence electrons. The van der Waals surface area contributed by atoms with E-state index < -0.39 is 29.5 Å². The van der Waals surface area contributed by atoms with Crippen LogP contribution in [-0.2, 0) is 9.53 Å². The Morgan fingerprint density at radius 1 is 1.30 bits per heavy atom. The Labute approximate surface area is 171 Å². The van der Waals surface area contributed by atoms with E-state index in [9.17, 15) is 18.4 Å². The molecule has 30 heavy (non-hydrogen) atoms. The lowest BCUT2D eigenvalue weighted by Crippen LogP contribution is -2.54. The third-order valence-electron chi connectivity index (χ3n) is 5.52. The summed E-state index contributed by atoms with van der Waals surface area (Å²) in [7, 11) is 1.32. The number of carbonyl (C=O) groups is 2. The molecule has 0 bridgehead atoms. The molecule has 0 radical (unpaired) electrons. The van der Waals surface area contributed by atoms with Crippen molar-refractivity contribution in [2.45, 2.75) is 25.3 Å². The van der Waals surface area contributed by atoms with Gasteiger partial charge in [0.1, 0.15) is 11.6 Å². The van der Waals surface area contributed by atoms with Crippen LogP contribution in [0, 0.1) is 23.5 Å². The van der Waals surface area contributed by atoms with Gasteiger partial charge >= 0.3 is 5.97 Å². The number of likely N-dealkylation sites (tertiary alicyclic amines) is 1. The fourth-order valence-corrected chi connectivity index (χ4v) is 3.73. The minimum absolute atomic E-state index is 0.108. The van der Waals surface area contributed by atoms with Gasteiger partial charge in [-0.1, -0.05) is 5.16 Å². The van der Waals surface area contributed by atoms with Gasteiger partial charge < -0.3 is 19.5 Å². The van der Waals surface area contributed by atoms with Gasteiger partial charge in [0.2, 0.25) is 0 Å². The molecule has 2 aromatic rings. The molecule has 4 rings (SSSR count). The highest BCUT2D eigenvalue weighted by molar-refractivity contribution is 5.91. The fraction of sp³-hybridized carbons (Fsp3) is 0.500. The molecule has 1 aliphatic heterocycles. The van der Waals surface area contributed by atoms with Crippen LogP contribution < -0.4 is 5.32 Å². The molecule has 1 amide bonds. The summed E-state index contributed by atoms with van der Waals surface area (Å²) >= 11 is 0. The number of amides is 1. The summed E-state index contributed by atoms with van der Waals surface area (Å²) in [5, 5.41) is 6.36. The van der Waals surface area contributed by atoms with E-state index in [2.05, 4.69) is 20.4 Å². The third kappa shape index (κ3) is 4.48. The van der Waals surface area contributed by atoms with Crippen LogP contribution in [0.15, 0.2) is 22.7 Å². The first-order valence-corrected chi connectivity index (χ1v) is 9.84. The van der Waals surface area contributed by atoms with Crippen molar-refractivity contribution in [2.75, 3.05) is 26.7 Å². The molecule has 8 nitrogen and oxygen atoms in total. The van der Waals surface area contributed by atoms with Crippen LogP contribution in [0.5, 0.6) is 0 Å². The van der Waals surface area contributed by atoms with Crippen molar-refractivity contribution in [3.63, 3.8) is 0 Å². The molecule has 2 aliphatic rings. The lowest BCUT2D eigenvalue weighted by atomic mass is 9.91. The zero-order chi connectivity index (χ0) is 21.3. The van der Waals surface area contributed by atoms with E-state index in [-0.39, 0.29) is 23.2 Å². The number of halogens is 2. The maximum absolute atomic E-state index is 13.9. The van der Waals surface area contributed by atoms with E-state index in [0.717, 1.165) is 25.2 Å². The Morgan fingerprint density at radius 3 is 2.80 bits per heavy atom. The number of hydrogen-bond donors (Lipinski definition) is 1. The molecule has 1 aromatic carbocycles. The van der Waals surface area contributed by atoms with Crippen LogP contribution in [0.1, 0.15) is 29.9 Å². The summed E-state index contributed by atoms with van der Waals surface area (Å²) in [4.78, 5) is 31.0. The predicted octanol–water partition coefficient (Wildman–Crippen LogP) is 2.02. The molecule has 0 spiro atoms. The van der Waals surface area contributed by atoms with Crippen molar-refractivity contribution < 1.29 is 27.6 Å². The Bertz CT molecular complexity index is 947. The number of ether oxygens (including phenoxy) is 1. The lowest BCUT2D eigenvalue weighted by Gasteiger charge is -2.37. The predicted molar refractivity (Wildman–Crippen MR) is 100 cm³/mol. The summed E-state index contributed by atoms with van der Waals surface area (Å²) in [5.41, 5.74) is -0.108. The number of hydrogen-bond acceptors (Lipinski definition) is 7. The fourth-order valence-electron chi connectivity index (χ4n) is 3.73. The number of aromatic nitrogens is 2. The summed E-state index contributed by atoms with van der Waals surface area (Å²) in [6.45, 7) is 2.21. The van der Waals surface area contributed by atoms with Crippen LogP contribution in [0.4, 0.5) is 8.78 Å². The lowest BCUT2D eigenvalue weighted by molar-refractivity contribution is -0.148. The zero-order valence-corrected chi connectivity index (χ0v) is 16.4. The second-order valence-electron chi connectivity index (χ2n) is 7.75. The SMILES string of the molecule is COC(=O)C1CN(CC2CC2)CCC1NC(=O)c1noc(-c2ccc(F)cc2F)n1. The standard InChI is InChI=1S/C20H22F2N4O4/c1-29-20(28)14-10-26(9-11-2-3-11)7-6-16(14)23-18(27)17-24-19(30-25-17)13-5-4-12(21)8-15(13)22/h4-5,8,11,14,16H,2-3,6-7,9-10H2,1H3,(H,23,27). The van der Waals surface area contributed by atoms with Crippen LogP contribution in [0.3, 0.4) is 0 Å². The van der Waals surface area contributed by atoms with Gasteiger partial charge in [-0.05, 0) is 37.3 Å². The highest BCUT2D eigenvalue weighted by Gasteiger charge is 2.38. The topological polar surface area (TPSA) is 97.6 Å². The second kappa shape index (κ2) is 8.47. The smallest absolute Gasteiger partial charge is 0.312 e. The summed E-state index contributed by atoms with van der Waals surface area (Å²) in [5.74, 6) is -2.98. The number of nitrogens with zero attached hydrogens (tertiary/aromatic N) is 3. The number of rotatable bonds is 6. The van der Waals surface area contributed by atoms with Crippen LogP contribution >= 0.6 is 0 Å². The molecule has 2 heterocycles. The van der Waals surface area contributed by atoms with E-state index in [1.165, 1.54) is 20.0 Å². The van der Waals surface area contributed by atoms with Gasteiger partial charge in [-0.25, -0.2) is 8.78 Å². The van der Waals surface area contributed by atoms with E-state index in [1.807, 2.05) is 0 Å². The van der Waals surface area contributed by atoms with Crippen molar-refractivity contribution in [1.29, 1.82) is 0 Å². The Kier molecular flexibility index (Phi) is 5.76. The maximum atomic E-state index is 13.9. The number of esters is 1. The molecule has 1 saturated heterocycles. The molecule has 2 atom stereocenters. The number of benzene rings is 1. The molecular formula is C20H22F2N4O4. The van der Waals surface area contributed by atoms with Crippen molar-refractivity contribution in [2.24, 2.45) is 11.8 Å². The van der Waals surface area contributed by atoms with Crippen LogP contribution in [-0.4, -0.2) is 59.7 Å². The van der Waals surface area contributed by atoms with E-state index in [0.29, 0.717) is 24.9 Å². The van der Waals surface area contributed by atoms with Crippen LogP contribution in [0.2, 0.25) is 0 Å². The first-order valence-electron chi connectivity index (χ1n) is 9.84. The van der Waals surface area contributed by atoms with Gasteiger partial charge in [0.05, 0.1) is 18.6 Å². The molecule has 2 unspecified atom stereocenters. The van der Waals surface area contributed by atoms with Crippen molar-refractivity contribution in [3.8, 4) is 11.5 Å². The average Bonchev–Trinajstić information content (AvgIpc) is 3.40. The maximum Gasteiger partial charge on any atom is 0.312 e. The molecule has 2 fully saturated rings. The summed E-state index contributed by atoms with van der Waals surface area (Å²) < 4.78 is 36.9. The Balaban J connectivity index is 1.44. The number of methoxy groups -OCH3 is 1. The van der Waals surface area contributed by atoms with E-state index in [1.54, 1.807) is 0 Å². The van der Waals surface area contributed by atoms with Gasteiger partial charge in [-0.15, -0.1) is 0 Å². The van der Waals surface area contributed by atoms with Crippen LogP contribution in [0.25, 0.3) is 11.5 Å². The minimum Gasteiger partial charge on any atom is -0.469 e. The Hall–Kier alpha value is -2.88. The molecule has 1 aromatic heterocycles. The molecule has 1 saturated carbocycles. The monoisotopic (exact) mass is 420 g/mol.